The summed E-state index contributed by atoms with van der Waals surface area (Å²) in [6.45, 7) is 8.28. The summed E-state index contributed by atoms with van der Waals surface area (Å²) in [6, 6.07) is 8.31. The molecule has 10 nitrogen and oxygen atoms in total. The van der Waals surface area contributed by atoms with E-state index in [-0.39, 0.29) is 30.2 Å². The Morgan fingerprint density at radius 3 is 2.69 bits per heavy atom. The van der Waals surface area contributed by atoms with Crippen molar-refractivity contribution in [2.24, 2.45) is 7.05 Å². The Kier molecular flexibility index (Phi) is 6.45. The van der Waals surface area contributed by atoms with Gasteiger partial charge in [0.1, 0.15) is 12.1 Å². The number of rotatable bonds is 6. The molecule has 11 heteroatoms. The maximum atomic E-state index is 12.9. The highest BCUT2D eigenvalue weighted by atomic mass is 35.5. The first kappa shape index (κ1) is 24.3. The molecule has 0 unspecified atom stereocenters. The summed E-state index contributed by atoms with van der Waals surface area (Å²) in [4.78, 5) is 22.0. The van der Waals surface area contributed by atoms with Crippen LogP contribution in [0.15, 0.2) is 35.4 Å². The normalized spacial score (nSPS) is 19.7. The number of imidazole rings is 1. The van der Waals surface area contributed by atoms with Gasteiger partial charge in [-0.1, -0.05) is 25.4 Å². The van der Waals surface area contributed by atoms with Crippen LogP contribution >= 0.6 is 11.6 Å². The molecule has 3 atom stereocenters. The van der Waals surface area contributed by atoms with Gasteiger partial charge in [0.2, 0.25) is 0 Å². The second kappa shape index (κ2) is 9.56. The Hall–Kier alpha value is -3.42. The number of fused-ring (bicyclic) bond motifs is 2. The Morgan fingerprint density at radius 2 is 1.97 bits per heavy atom. The minimum absolute atomic E-state index is 0.0764. The molecule has 1 aliphatic heterocycles. The van der Waals surface area contributed by atoms with Crippen LogP contribution in [0.5, 0.6) is 0 Å². The van der Waals surface area contributed by atoms with E-state index in [0.29, 0.717) is 5.15 Å². The molecule has 0 bridgehead atoms. The summed E-state index contributed by atoms with van der Waals surface area (Å²) in [6.07, 6.45) is 5.25. The van der Waals surface area contributed by atoms with Gasteiger partial charge in [-0.15, -0.1) is 0 Å². The molecule has 188 valence electrons. The van der Waals surface area contributed by atoms with Crippen molar-refractivity contribution < 1.29 is 0 Å². The molecule has 0 aliphatic carbocycles. The summed E-state index contributed by atoms with van der Waals surface area (Å²) >= 11 is 6.28. The van der Waals surface area contributed by atoms with E-state index in [1.807, 2.05) is 12.1 Å². The van der Waals surface area contributed by atoms with Gasteiger partial charge in [-0.25, -0.2) is 9.50 Å². The molecule has 1 saturated heterocycles. The number of anilines is 1. The molecule has 0 saturated carbocycles. The molecule has 5 rings (SSSR count). The largest absolute Gasteiger partial charge is 0.364 e. The van der Waals surface area contributed by atoms with Crippen LogP contribution in [0.3, 0.4) is 0 Å². The number of piperazine rings is 1. The van der Waals surface area contributed by atoms with E-state index in [9.17, 15) is 4.79 Å². The van der Waals surface area contributed by atoms with Crippen molar-refractivity contribution >= 4 is 34.0 Å². The van der Waals surface area contributed by atoms with Crippen molar-refractivity contribution in [2.75, 3.05) is 18.0 Å². The minimum Gasteiger partial charge on any atom is -0.364 e. The number of nitrogens with zero attached hydrogens (tertiary/aromatic N) is 9. The predicted molar refractivity (Wildman–Crippen MR) is 139 cm³/mol. The number of pyridine rings is 1. The maximum Gasteiger partial charge on any atom is 0.252 e. The lowest BCUT2D eigenvalue weighted by molar-refractivity contribution is 0.0986. The standard InChI is InChI=1S/C25H30ClN9O/c1-5-17-14-34(20-11-24(36)31(4)21-15-32(10-9-27)30-25(20)21)18(6-2)13-33(17)16(3)19-7-8-23-28-12-22(26)35(23)29-19/h7-8,11-12,15-18H,5-6,10,13-14H2,1-4H3/t16-,17-,18+/m1/s1. The number of nitriles is 1. The zero-order valence-corrected chi connectivity index (χ0v) is 21.7. The van der Waals surface area contributed by atoms with E-state index in [0.717, 1.165) is 54.0 Å². The fourth-order valence-corrected chi connectivity index (χ4v) is 5.49. The van der Waals surface area contributed by atoms with Crippen LogP contribution in [0.1, 0.15) is 45.3 Å². The van der Waals surface area contributed by atoms with Crippen LogP contribution in [-0.4, -0.2) is 59.0 Å². The fraction of sp³-hybridized carbons (Fsp3) is 0.480. The highest BCUT2D eigenvalue weighted by Gasteiger charge is 2.37. The average molecular weight is 508 g/mol. The second-order valence-electron chi connectivity index (χ2n) is 9.40. The number of hydrogen-bond acceptors (Lipinski definition) is 7. The summed E-state index contributed by atoms with van der Waals surface area (Å²) in [7, 11) is 1.75. The zero-order valence-electron chi connectivity index (χ0n) is 21.0. The molecule has 0 spiro atoms. The number of halogens is 1. The monoisotopic (exact) mass is 507 g/mol. The molecule has 4 aromatic heterocycles. The molecule has 0 radical (unpaired) electrons. The summed E-state index contributed by atoms with van der Waals surface area (Å²) in [5, 5.41) is 19.1. The van der Waals surface area contributed by atoms with Crippen molar-refractivity contribution in [2.45, 2.75) is 58.3 Å². The van der Waals surface area contributed by atoms with E-state index in [1.165, 1.54) is 0 Å². The van der Waals surface area contributed by atoms with Crippen molar-refractivity contribution in [3.05, 3.63) is 51.8 Å². The number of aromatic nitrogens is 6. The first-order valence-electron chi connectivity index (χ1n) is 12.3. The van der Waals surface area contributed by atoms with Gasteiger partial charge < -0.3 is 9.47 Å². The van der Waals surface area contributed by atoms with Gasteiger partial charge in [-0.05, 0) is 31.9 Å². The molecule has 0 aromatic carbocycles. The third-order valence-electron chi connectivity index (χ3n) is 7.43. The Morgan fingerprint density at radius 1 is 1.19 bits per heavy atom. The fourth-order valence-electron chi connectivity index (χ4n) is 5.32. The van der Waals surface area contributed by atoms with Gasteiger partial charge >= 0.3 is 0 Å². The van der Waals surface area contributed by atoms with Gasteiger partial charge in [-0.3, -0.25) is 14.4 Å². The predicted octanol–water partition coefficient (Wildman–Crippen LogP) is 3.40. The van der Waals surface area contributed by atoms with Crippen molar-refractivity contribution in [3.8, 4) is 6.07 Å². The van der Waals surface area contributed by atoms with Crippen LogP contribution < -0.4 is 10.5 Å². The molecule has 1 fully saturated rings. The van der Waals surface area contributed by atoms with Crippen LogP contribution in [0, 0.1) is 11.3 Å². The lowest BCUT2D eigenvalue weighted by Gasteiger charge is -2.49. The van der Waals surface area contributed by atoms with Crippen molar-refractivity contribution in [3.63, 3.8) is 0 Å². The first-order valence-corrected chi connectivity index (χ1v) is 12.7. The number of aryl methyl sites for hydroxylation is 1. The van der Waals surface area contributed by atoms with Gasteiger partial charge in [0, 0.05) is 38.3 Å². The van der Waals surface area contributed by atoms with Crippen LogP contribution in [-0.2, 0) is 13.6 Å². The molecule has 36 heavy (non-hydrogen) atoms. The van der Waals surface area contributed by atoms with E-state index in [2.05, 4.69) is 46.7 Å². The van der Waals surface area contributed by atoms with E-state index in [4.69, 9.17) is 22.0 Å². The van der Waals surface area contributed by atoms with Gasteiger partial charge in [0.15, 0.2) is 10.8 Å². The summed E-state index contributed by atoms with van der Waals surface area (Å²) < 4.78 is 4.88. The summed E-state index contributed by atoms with van der Waals surface area (Å²) in [5.74, 6) is 0. The van der Waals surface area contributed by atoms with Crippen molar-refractivity contribution in [1.29, 1.82) is 5.26 Å². The maximum absolute atomic E-state index is 12.9. The van der Waals surface area contributed by atoms with Crippen molar-refractivity contribution in [1.82, 2.24) is 33.8 Å². The highest BCUT2D eigenvalue weighted by molar-refractivity contribution is 6.29. The SMILES string of the molecule is CC[C@H]1CN([C@H](C)c2ccc3ncc(Cl)n3n2)[C@H](CC)CN1c1cc(=O)n(C)c2cn(CC#N)nc12. The van der Waals surface area contributed by atoms with Gasteiger partial charge in [-0.2, -0.15) is 15.5 Å². The van der Waals surface area contributed by atoms with Gasteiger partial charge in [0.05, 0.1) is 41.4 Å². The Bertz CT molecular complexity index is 1510. The van der Waals surface area contributed by atoms with E-state index >= 15 is 0 Å². The minimum atomic E-state index is -0.0811. The Labute approximate surface area is 214 Å². The molecule has 4 aromatic rings. The first-order chi connectivity index (χ1) is 17.4. The molecule has 1 aliphatic rings. The lowest BCUT2D eigenvalue weighted by Crippen LogP contribution is -2.59. The second-order valence-corrected chi connectivity index (χ2v) is 9.79. The number of hydrogen-bond donors (Lipinski definition) is 0. The summed E-state index contributed by atoms with van der Waals surface area (Å²) in [5.41, 5.74) is 3.92. The van der Waals surface area contributed by atoms with Crippen LogP contribution in [0.4, 0.5) is 5.69 Å². The van der Waals surface area contributed by atoms with E-state index in [1.54, 1.807) is 39.3 Å². The third kappa shape index (κ3) is 4.02. The van der Waals surface area contributed by atoms with Crippen LogP contribution in [0.2, 0.25) is 5.15 Å². The quantitative estimate of drug-likeness (QED) is 0.394. The third-order valence-corrected chi connectivity index (χ3v) is 7.69. The molecule has 5 heterocycles. The highest BCUT2D eigenvalue weighted by Crippen LogP contribution is 2.34. The molecule has 0 amide bonds. The molecular weight excluding hydrogens is 478 g/mol. The topological polar surface area (TPSA) is 100 Å². The van der Waals surface area contributed by atoms with Gasteiger partial charge in [0.25, 0.3) is 5.56 Å². The zero-order chi connectivity index (χ0) is 25.6. The molecular formula is C25H30ClN9O. The van der Waals surface area contributed by atoms with E-state index < -0.39 is 0 Å². The lowest BCUT2D eigenvalue weighted by atomic mass is 9.98. The average Bonchev–Trinajstić information content (AvgIpc) is 3.48. The smallest absolute Gasteiger partial charge is 0.252 e. The Balaban J connectivity index is 1.51. The molecule has 0 N–H and O–H groups in total. The van der Waals surface area contributed by atoms with Crippen LogP contribution in [0.25, 0.3) is 16.7 Å².